The molecule has 3 rings (SSSR count). The molecular formula is C22H22N2O5. The van der Waals surface area contributed by atoms with E-state index < -0.39 is 0 Å². The van der Waals surface area contributed by atoms with Crippen LogP contribution in [0.3, 0.4) is 0 Å². The standard InChI is InChI=1S/C22H22N2O5/c1-27-18-9-10-19(28-2)16(12-18)13-21(25)23-14-15-5-7-17(8-6-15)24-22(26)20-4-3-11-29-20/h3-12H,13-14H2,1-2H3,(H,23,25)(H,24,26). The van der Waals surface area contributed by atoms with Crippen LogP contribution in [0.4, 0.5) is 5.69 Å². The summed E-state index contributed by atoms with van der Waals surface area (Å²) in [6, 6.07) is 15.8. The minimum atomic E-state index is -0.316. The van der Waals surface area contributed by atoms with Gasteiger partial charge in [-0.05, 0) is 48.0 Å². The van der Waals surface area contributed by atoms with Crippen molar-refractivity contribution in [3.63, 3.8) is 0 Å². The zero-order valence-electron chi connectivity index (χ0n) is 16.2. The number of anilines is 1. The number of nitrogens with one attached hydrogen (secondary N) is 2. The van der Waals surface area contributed by atoms with Crippen molar-refractivity contribution in [1.82, 2.24) is 5.32 Å². The summed E-state index contributed by atoms with van der Waals surface area (Å²) in [5.41, 5.74) is 2.30. The summed E-state index contributed by atoms with van der Waals surface area (Å²) < 4.78 is 15.6. The molecule has 7 nitrogen and oxygen atoms in total. The zero-order valence-corrected chi connectivity index (χ0v) is 16.2. The van der Waals surface area contributed by atoms with Crippen LogP contribution in [0.2, 0.25) is 0 Å². The molecule has 0 spiro atoms. The molecule has 0 aliphatic carbocycles. The highest BCUT2D eigenvalue weighted by Gasteiger charge is 2.11. The number of rotatable bonds is 8. The van der Waals surface area contributed by atoms with Gasteiger partial charge in [0.15, 0.2) is 5.76 Å². The van der Waals surface area contributed by atoms with Crippen LogP contribution in [0.1, 0.15) is 21.7 Å². The monoisotopic (exact) mass is 394 g/mol. The molecule has 1 aromatic heterocycles. The van der Waals surface area contributed by atoms with Gasteiger partial charge in [0.25, 0.3) is 5.91 Å². The second-order valence-electron chi connectivity index (χ2n) is 6.26. The van der Waals surface area contributed by atoms with Crippen LogP contribution in [0.25, 0.3) is 0 Å². The van der Waals surface area contributed by atoms with Crippen molar-refractivity contribution in [2.75, 3.05) is 19.5 Å². The number of benzene rings is 2. The molecule has 2 N–H and O–H groups in total. The largest absolute Gasteiger partial charge is 0.497 e. The van der Waals surface area contributed by atoms with Crippen LogP contribution in [0, 0.1) is 0 Å². The molecule has 0 radical (unpaired) electrons. The van der Waals surface area contributed by atoms with E-state index in [1.165, 1.54) is 6.26 Å². The number of ether oxygens (including phenoxy) is 2. The van der Waals surface area contributed by atoms with Gasteiger partial charge in [0.2, 0.25) is 5.91 Å². The Hall–Kier alpha value is -3.74. The van der Waals surface area contributed by atoms with E-state index in [1.807, 2.05) is 12.1 Å². The van der Waals surface area contributed by atoms with E-state index in [9.17, 15) is 9.59 Å². The Balaban J connectivity index is 1.53. The molecule has 0 bridgehead atoms. The predicted molar refractivity (Wildman–Crippen MR) is 108 cm³/mol. The van der Waals surface area contributed by atoms with Gasteiger partial charge in [-0.3, -0.25) is 9.59 Å². The lowest BCUT2D eigenvalue weighted by Gasteiger charge is -2.11. The van der Waals surface area contributed by atoms with Crippen LogP contribution >= 0.6 is 0 Å². The predicted octanol–water partition coefficient (Wildman–Crippen LogP) is 3.41. The molecule has 29 heavy (non-hydrogen) atoms. The molecule has 0 aliphatic rings. The Morgan fingerprint density at radius 3 is 2.45 bits per heavy atom. The minimum absolute atomic E-state index is 0.133. The van der Waals surface area contributed by atoms with Crippen LogP contribution in [0.5, 0.6) is 11.5 Å². The first-order valence-corrected chi connectivity index (χ1v) is 9.00. The smallest absolute Gasteiger partial charge is 0.291 e. The summed E-state index contributed by atoms with van der Waals surface area (Å²) in [7, 11) is 3.14. The number of hydrogen-bond acceptors (Lipinski definition) is 5. The summed E-state index contributed by atoms with van der Waals surface area (Å²) in [6.07, 6.45) is 1.62. The number of carbonyl (C=O) groups is 2. The fourth-order valence-corrected chi connectivity index (χ4v) is 2.76. The Bertz CT molecular complexity index is 965. The molecule has 0 unspecified atom stereocenters. The first-order chi connectivity index (χ1) is 14.1. The Morgan fingerprint density at radius 1 is 1.00 bits per heavy atom. The summed E-state index contributed by atoms with van der Waals surface area (Å²) in [6.45, 7) is 0.373. The van der Waals surface area contributed by atoms with Crippen LogP contribution in [-0.2, 0) is 17.8 Å². The molecule has 0 fully saturated rings. The molecule has 7 heteroatoms. The lowest BCUT2D eigenvalue weighted by molar-refractivity contribution is -0.120. The van der Waals surface area contributed by atoms with Gasteiger partial charge in [-0.1, -0.05) is 12.1 Å². The third-order valence-corrected chi connectivity index (χ3v) is 4.29. The van der Waals surface area contributed by atoms with E-state index in [0.29, 0.717) is 23.7 Å². The third kappa shape index (κ3) is 5.38. The molecule has 150 valence electrons. The molecule has 0 atom stereocenters. The number of methoxy groups -OCH3 is 2. The van der Waals surface area contributed by atoms with Crippen LogP contribution < -0.4 is 20.1 Å². The van der Waals surface area contributed by atoms with Crippen molar-refractivity contribution in [1.29, 1.82) is 0 Å². The lowest BCUT2D eigenvalue weighted by Crippen LogP contribution is -2.24. The molecule has 1 heterocycles. The van der Waals surface area contributed by atoms with Gasteiger partial charge >= 0.3 is 0 Å². The van der Waals surface area contributed by atoms with Gasteiger partial charge in [-0.15, -0.1) is 0 Å². The van der Waals surface area contributed by atoms with Gasteiger partial charge in [0, 0.05) is 17.8 Å². The third-order valence-electron chi connectivity index (χ3n) is 4.29. The van der Waals surface area contributed by atoms with Crippen molar-refractivity contribution in [3.8, 4) is 11.5 Å². The normalized spacial score (nSPS) is 10.3. The van der Waals surface area contributed by atoms with E-state index in [4.69, 9.17) is 13.9 Å². The summed E-state index contributed by atoms with van der Waals surface area (Å²) in [5.74, 6) is 1.10. The Labute approximate surface area is 168 Å². The molecule has 0 aliphatic heterocycles. The second-order valence-corrected chi connectivity index (χ2v) is 6.26. The maximum Gasteiger partial charge on any atom is 0.291 e. The van der Waals surface area contributed by atoms with E-state index >= 15 is 0 Å². The van der Waals surface area contributed by atoms with Crippen LogP contribution in [0.15, 0.2) is 65.3 Å². The first kappa shape index (κ1) is 20.0. The summed E-state index contributed by atoms with van der Waals surface area (Å²) in [5, 5.41) is 5.63. The maximum atomic E-state index is 12.3. The van der Waals surface area contributed by atoms with E-state index in [0.717, 1.165) is 11.1 Å². The fraction of sp³-hybridized carbons (Fsp3) is 0.182. The minimum Gasteiger partial charge on any atom is -0.497 e. The van der Waals surface area contributed by atoms with Gasteiger partial charge < -0.3 is 24.5 Å². The van der Waals surface area contributed by atoms with Gasteiger partial charge in [-0.25, -0.2) is 0 Å². The molecular weight excluding hydrogens is 372 g/mol. The molecule has 3 aromatic rings. The number of furan rings is 1. The van der Waals surface area contributed by atoms with E-state index in [-0.39, 0.29) is 24.0 Å². The summed E-state index contributed by atoms with van der Waals surface area (Å²) >= 11 is 0. The van der Waals surface area contributed by atoms with Crippen molar-refractivity contribution >= 4 is 17.5 Å². The second kappa shape index (κ2) is 9.45. The Morgan fingerprint density at radius 2 is 1.79 bits per heavy atom. The van der Waals surface area contributed by atoms with Crippen molar-refractivity contribution < 1.29 is 23.5 Å². The van der Waals surface area contributed by atoms with Crippen LogP contribution in [-0.4, -0.2) is 26.0 Å². The highest BCUT2D eigenvalue weighted by Crippen LogP contribution is 2.24. The zero-order chi connectivity index (χ0) is 20.6. The molecule has 0 saturated carbocycles. The maximum absolute atomic E-state index is 12.3. The summed E-state index contributed by atoms with van der Waals surface area (Å²) in [4.78, 5) is 24.3. The number of carbonyl (C=O) groups excluding carboxylic acids is 2. The van der Waals surface area contributed by atoms with Crippen molar-refractivity contribution in [2.24, 2.45) is 0 Å². The SMILES string of the molecule is COc1ccc(OC)c(CC(=O)NCc2ccc(NC(=O)c3ccco3)cc2)c1. The average Bonchev–Trinajstić information content (AvgIpc) is 3.28. The van der Waals surface area contributed by atoms with Gasteiger partial charge in [-0.2, -0.15) is 0 Å². The van der Waals surface area contributed by atoms with E-state index in [1.54, 1.807) is 56.7 Å². The first-order valence-electron chi connectivity index (χ1n) is 9.00. The average molecular weight is 394 g/mol. The molecule has 0 saturated heterocycles. The topological polar surface area (TPSA) is 89.8 Å². The number of amides is 2. The highest BCUT2D eigenvalue weighted by atomic mass is 16.5. The quantitative estimate of drug-likeness (QED) is 0.611. The molecule has 2 amide bonds. The number of hydrogen-bond donors (Lipinski definition) is 2. The van der Waals surface area contributed by atoms with Crippen molar-refractivity contribution in [3.05, 3.63) is 77.7 Å². The van der Waals surface area contributed by atoms with Crippen molar-refractivity contribution in [2.45, 2.75) is 13.0 Å². The van der Waals surface area contributed by atoms with Gasteiger partial charge in [0.05, 0.1) is 26.9 Å². The Kier molecular flexibility index (Phi) is 6.52. The molecule has 2 aromatic carbocycles. The lowest BCUT2D eigenvalue weighted by atomic mass is 10.1. The van der Waals surface area contributed by atoms with E-state index in [2.05, 4.69) is 10.6 Å². The highest BCUT2D eigenvalue weighted by molar-refractivity contribution is 6.02. The fourth-order valence-electron chi connectivity index (χ4n) is 2.76. The van der Waals surface area contributed by atoms with Gasteiger partial charge in [0.1, 0.15) is 11.5 Å².